The molecule has 2 rings (SSSR count). The third-order valence-corrected chi connectivity index (χ3v) is 3.62. The Hall–Kier alpha value is -2.47. The molecule has 0 spiro atoms. The summed E-state index contributed by atoms with van der Waals surface area (Å²) in [5.41, 5.74) is 0.640. The average molecular weight is 335 g/mol. The lowest BCUT2D eigenvalue weighted by Crippen LogP contribution is -2.34. The molecule has 6 heteroatoms. The number of hydrogen-bond acceptors (Lipinski definition) is 3. The summed E-state index contributed by atoms with van der Waals surface area (Å²) in [6.07, 6.45) is -0.620. The van der Waals surface area contributed by atoms with E-state index in [0.717, 1.165) is 6.07 Å². The van der Waals surface area contributed by atoms with Crippen LogP contribution < -0.4 is 10.1 Å². The van der Waals surface area contributed by atoms with Crippen LogP contribution in [0.1, 0.15) is 35.4 Å². The van der Waals surface area contributed by atoms with E-state index >= 15 is 0 Å². The zero-order chi connectivity index (χ0) is 17.7. The number of rotatable bonds is 6. The smallest absolute Gasteiger partial charge is 0.255 e. The Morgan fingerprint density at radius 3 is 2.42 bits per heavy atom. The summed E-state index contributed by atoms with van der Waals surface area (Å²) >= 11 is 0. The molecule has 0 bridgehead atoms. The number of aliphatic hydroxyl groups excluding tert-OH is 1. The van der Waals surface area contributed by atoms with Crippen molar-refractivity contribution in [3.8, 4) is 5.75 Å². The zero-order valence-corrected chi connectivity index (χ0v) is 13.4. The number of carbonyl (C=O) groups is 1. The topological polar surface area (TPSA) is 58.6 Å². The monoisotopic (exact) mass is 335 g/mol. The SMILES string of the molecule is COc1ccc(F)cc1C(=O)NC(C)CC(O)c1ccc(F)cc1. The van der Waals surface area contributed by atoms with Gasteiger partial charge in [0.25, 0.3) is 5.91 Å². The van der Waals surface area contributed by atoms with E-state index in [1.807, 2.05) is 0 Å². The molecule has 0 saturated heterocycles. The van der Waals surface area contributed by atoms with Crippen LogP contribution in [0.5, 0.6) is 5.75 Å². The maximum atomic E-state index is 13.3. The van der Waals surface area contributed by atoms with E-state index < -0.39 is 17.8 Å². The standard InChI is InChI=1S/C18H19F2NO3/c1-11(9-16(22)12-3-5-13(19)6-4-12)21-18(23)15-10-14(20)7-8-17(15)24-2/h3-8,10-11,16,22H,9H2,1-2H3,(H,21,23). The molecule has 24 heavy (non-hydrogen) atoms. The molecule has 1 amide bonds. The van der Waals surface area contributed by atoms with E-state index in [9.17, 15) is 18.7 Å². The van der Waals surface area contributed by atoms with Gasteiger partial charge in [0.15, 0.2) is 0 Å². The van der Waals surface area contributed by atoms with Crippen LogP contribution in [-0.4, -0.2) is 24.2 Å². The highest BCUT2D eigenvalue weighted by Gasteiger charge is 2.18. The van der Waals surface area contributed by atoms with Gasteiger partial charge >= 0.3 is 0 Å². The quantitative estimate of drug-likeness (QED) is 0.852. The van der Waals surface area contributed by atoms with Crippen LogP contribution in [0.4, 0.5) is 8.78 Å². The van der Waals surface area contributed by atoms with Crippen molar-refractivity contribution in [1.29, 1.82) is 0 Å². The molecule has 4 nitrogen and oxygen atoms in total. The molecule has 0 aliphatic rings. The van der Waals surface area contributed by atoms with Gasteiger partial charge in [-0.05, 0) is 49.2 Å². The third-order valence-electron chi connectivity index (χ3n) is 3.62. The fourth-order valence-corrected chi connectivity index (χ4v) is 2.37. The van der Waals surface area contributed by atoms with Crippen LogP contribution in [0.3, 0.4) is 0 Å². The Kier molecular flexibility index (Phi) is 5.87. The number of amides is 1. The van der Waals surface area contributed by atoms with Gasteiger partial charge in [-0.15, -0.1) is 0 Å². The van der Waals surface area contributed by atoms with E-state index in [4.69, 9.17) is 4.74 Å². The number of benzene rings is 2. The molecule has 2 unspecified atom stereocenters. The van der Waals surface area contributed by atoms with Crippen LogP contribution >= 0.6 is 0 Å². The summed E-state index contributed by atoms with van der Waals surface area (Å²) in [5, 5.41) is 12.8. The molecule has 0 aromatic heterocycles. The van der Waals surface area contributed by atoms with Gasteiger partial charge in [0.2, 0.25) is 0 Å². The van der Waals surface area contributed by atoms with Crippen LogP contribution in [-0.2, 0) is 0 Å². The predicted octanol–water partition coefficient (Wildman–Crippen LogP) is 3.22. The lowest BCUT2D eigenvalue weighted by atomic mass is 10.0. The van der Waals surface area contributed by atoms with Gasteiger partial charge in [0, 0.05) is 6.04 Å². The van der Waals surface area contributed by atoms with Gasteiger partial charge in [0.05, 0.1) is 18.8 Å². The van der Waals surface area contributed by atoms with E-state index in [1.54, 1.807) is 6.92 Å². The molecular weight excluding hydrogens is 316 g/mol. The summed E-state index contributed by atoms with van der Waals surface area (Å²) in [7, 11) is 1.39. The normalized spacial score (nSPS) is 13.2. The van der Waals surface area contributed by atoms with Crippen molar-refractivity contribution in [1.82, 2.24) is 5.32 Å². The minimum Gasteiger partial charge on any atom is -0.496 e. The number of hydrogen-bond donors (Lipinski definition) is 2. The van der Waals surface area contributed by atoms with Gasteiger partial charge in [-0.3, -0.25) is 4.79 Å². The third kappa shape index (κ3) is 4.52. The molecule has 0 aliphatic heterocycles. The fraction of sp³-hybridized carbons (Fsp3) is 0.278. The first-order valence-electron chi connectivity index (χ1n) is 7.48. The van der Waals surface area contributed by atoms with Gasteiger partial charge in [-0.2, -0.15) is 0 Å². The Bertz CT molecular complexity index is 704. The maximum absolute atomic E-state index is 13.3. The lowest BCUT2D eigenvalue weighted by Gasteiger charge is -2.19. The van der Waals surface area contributed by atoms with Crippen molar-refractivity contribution in [2.24, 2.45) is 0 Å². The number of nitrogens with one attached hydrogen (secondary N) is 1. The average Bonchev–Trinajstić information content (AvgIpc) is 2.55. The first-order valence-corrected chi connectivity index (χ1v) is 7.48. The van der Waals surface area contributed by atoms with Gasteiger partial charge in [-0.1, -0.05) is 12.1 Å². The van der Waals surface area contributed by atoms with E-state index in [-0.39, 0.29) is 29.6 Å². The lowest BCUT2D eigenvalue weighted by molar-refractivity contribution is 0.0913. The van der Waals surface area contributed by atoms with Crippen molar-refractivity contribution in [3.63, 3.8) is 0 Å². The summed E-state index contributed by atoms with van der Waals surface area (Å²) in [4.78, 5) is 12.3. The largest absolute Gasteiger partial charge is 0.496 e. The molecule has 2 aromatic rings. The summed E-state index contributed by atoms with van der Waals surface area (Å²) in [5.74, 6) is -1.16. The second-order valence-electron chi connectivity index (χ2n) is 5.52. The van der Waals surface area contributed by atoms with Crippen LogP contribution in [0.2, 0.25) is 0 Å². The van der Waals surface area contributed by atoms with E-state index in [1.165, 1.54) is 43.5 Å². The fourth-order valence-electron chi connectivity index (χ4n) is 2.37. The van der Waals surface area contributed by atoms with Crippen molar-refractivity contribution < 1.29 is 23.4 Å². The highest BCUT2D eigenvalue weighted by Crippen LogP contribution is 2.21. The molecule has 0 fully saturated rings. The molecular formula is C18H19F2NO3. The van der Waals surface area contributed by atoms with Crippen molar-refractivity contribution in [2.75, 3.05) is 7.11 Å². The Morgan fingerprint density at radius 1 is 1.17 bits per heavy atom. The van der Waals surface area contributed by atoms with Crippen LogP contribution in [0.15, 0.2) is 42.5 Å². The summed E-state index contributed by atoms with van der Waals surface area (Å²) in [6.45, 7) is 1.72. The van der Waals surface area contributed by atoms with Crippen LogP contribution in [0, 0.1) is 11.6 Å². The molecule has 128 valence electrons. The highest BCUT2D eigenvalue weighted by atomic mass is 19.1. The summed E-state index contributed by atoms with van der Waals surface area (Å²) in [6, 6.07) is 8.80. The molecule has 0 radical (unpaired) electrons. The number of methoxy groups -OCH3 is 1. The van der Waals surface area contributed by atoms with Crippen molar-refractivity contribution >= 4 is 5.91 Å². The van der Waals surface area contributed by atoms with Gasteiger partial charge < -0.3 is 15.2 Å². The molecule has 0 saturated carbocycles. The first-order chi connectivity index (χ1) is 11.4. The van der Waals surface area contributed by atoms with Crippen molar-refractivity contribution in [3.05, 3.63) is 65.2 Å². The van der Waals surface area contributed by atoms with Crippen molar-refractivity contribution in [2.45, 2.75) is 25.5 Å². The minimum atomic E-state index is -0.852. The number of halogens is 2. The number of ether oxygens (including phenoxy) is 1. The molecule has 2 aromatic carbocycles. The number of aliphatic hydroxyl groups is 1. The second-order valence-corrected chi connectivity index (χ2v) is 5.52. The molecule has 2 atom stereocenters. The summed E-state index contributed by atoms with van der Waals surface area (Å²) < 4.78 is 31.3. The van der Waals surface area contributed by atoms with E-state index in [0.29, 0.717) is 5.56 Å². The Balaban J connectivity index is 2.01. The Morgan fingerprint density at radius 2 is 1.79 bits per heavy atom. The highest BCUT2D eigenvalue weighted by molar-refractivity contribution is 5.97. The molecule has 0 heterocycles. The van der Waals surface area contributed by atoms with Crippen LogP contribution in [0.25, 0.3) is 0 Å². The first kappa shape index (κ1) is 17.9. The zero-order valence-electron chi connectivity index (χ0n) is 13.4. The maximum Gasteiger partial charge on any atom is 0.255 e. The Labute approximate surface area is 139 Å². The minimum absolute atomic E-state index is 0.0839. The van der Waals surface area contributed by atoms with E-state index in [2.05, 4.69) is 5.32 Å². The second kappa shape index (κ2) is 7.88. The van der Waals surface area contributed by atoms with Gasteiger partial charge in [0.1, 0.15) is 17.4 Å². The number of carbonyl (C=O) groups excluding carboxylic acids is 1. The predicted molar refractivity (Wildman–Crippen MR) is 85.9 cm³/mol. The molecule has 0 aliphatic carbocycles. The van der Waals surface area contributed by atoms with Gasteiger partial charge in [-0.25, -0.2) is 8.78 Å². The molecule has 2 N–H and O–H groups in total.